The lowest BCUT2D eigenvalue weighted by Crippen LogP contribution is -2.52. The largest absolute Gasteiger partial charge is 0.394 e. The molecule has 0 radical (unpaired) electrons. The van der Waals surface area contributed by atoms with Crippen molar-refractivity contribution in [3.8, 4) is 0 Å². The summed E-state index contributed by atoms with van der Waals surface area (Å²) in [5, 5.41) is 9.74. The van der Waals surface area contributed by atoms with Crippen LogP contribution in [0.4, 0.5) is 11.4 Å². The third kappa shape index (κ3) is 2.23. The van der Waals surface area contributed by atoms with E-state index in [4.69, 9.17) is 5.73 Å². The summed E-state index contributed by atoms with van der Waals surface area (Å²) in [7, 11) is 0. The zero-order valence-electron chi connectivity index (χ0n) is 11.5. The first-order valence-electron chi connectivity index (χ1n) is 7.33. The number of nitrogen functional groups attached to an aromatic ring is 1. The Balaban J connectivity index is 1.60. The highest BCUT2D eigenvalue weighted by Gasteiger charge is 2.31. The maximum atomic E-state index is 11.5. The molecular formula is C14H21N3O3. The first-order valence-corrected chi connectivity index (χ1v) is 7.33. The van der Waals surface area contributed by atoms with Gasteiger partial charge in [-0.3, -0.25) is 14.5 Å². The van der Waals surface area contributed by atoms with Crippen LogP contribution in [0, 0.1) is 0 Å². The maximum absolute atomic E-state index is 11.5. The van der Waals surface area contributed by atoms with E-state index in [1.807, 2.05) is 4.90 Å². The van der Waals surface area contributed by atoms with Crippen LogP contribution in [0.25, 0.3) is 0 Å². The minimum absolute atomic E-state index is 0.127. The Hall–Kier alpha value is -1.40. The zero-order chi connectivity index (χ0) is 14.3. The first-order chi connectivity index (χ1) is 9.58. The van der Waals surface area contributed by atoms with Crippen LogP contribution in [0.3, 0.4) is 0 Å². The second-order valence-corrected chi connectivity index (χ2v) is 5.93. The molecule has 0 bridgehead atoms. The van der Waals surface area contributed by atoms with E-state index in [1.165, 1.54) is 0 Å². The van der Waals surface area contributed by atoms with Crippen LogP contribution < -0.4 is 21.5 Å². The number of β-amino-alcohol motifs (C(OH)–C–C–N with tert-alkyl or cyclic N) is 1. The van der Waals surface area contributed by atoms with Crippen LogP contribution in [0.2, 0.25) is 0 Å². The number of anilines is 2. The summed E-state index contributed by atoms with van der Waals surface area (Å²) in [5.74, 6) is 0. The minimum atomic E-state index is -0.540. The molecule has 2 fully saturated rings. The molecule has 3 N–H and O–H groups in total. The van der Waals surface area contributed by atoms with Crippen LogP contribution in [0.5, 0.6) is 0 Å². The third-order valence-electron chi connectivity index (χ3n) is 4.65. The molecule has 1 aromatic rings. The van der Waals surface area contributed by atoms with E-state index in [-0.39, 0.29) is 11.8 Å². The van der Waals surface area contributed by atoms with Crippen molar-refractivity contribution in [2.24, 2.45) is 0 Å². The summed E-state index contributed by atoms with van der Waals surface area (Å²) in [5.41, 5.74) is 5.18. The predicted molar refractivity (Wildman–Crippen MR) is 77.8 cm³/mol. The Labute approximate surface area is 117 Å². The average molecular weight is 279 g/mol. The fourth-order valence-corrected chi connectivity index (χ4v) is 3.48. The predicted octanol–water partition coefficient (Wildman–Crippen LogP) is -0.710. The van der Waals surface area contributed by atoms with Gasteiger partial charge in [-0.1, -0.05) is 0 Å². The molecule has 2 heterocycles. The van der Waals surface area contributed by atoms with Crippen LogP contribution in [0.1, 0.15) is 25.7 Å². The monoisotopic (exact) mass is 279 g/mol. The number of nitrogens with two attached hydrogens (primary N) is 1. The van der Waals surface area contributed by atoms with Crippen molar-refractivity contribution in [3.05, 3.63) is 20.4 Å². The molecule has 2 aliphatic heterocycles. The molecule has 110 valence electrons. The molecule has 3 rings (SSSR count). The van der Waals surface area contributed by atoms with E-state index in [2.05, 4.69) is 4.90 Å². The van der Waals surface area contributed by atoms with E-state index in [0.717, 1.165) is 51.9 Å². The molecule has 2 aliphatic rings. The third-order valence-corrected chi connectivity index (χ3v) is 4.65. The minimum Gasteiger partial charge on any atom is -0.394 e. The molecule has 6 nitrogen and oxygen atoms in total. The quantitative estimate of drug-likeness (QED) is 0.696. The molecule has 20 heavy (non-hydrogen) atoms. The van der Waals surface area contributed by atoms with Crippen molar-refractivity contribution in [3.63, 3.8) is 0 Å². The SMILES string of the molecule is Nc1c(N2CCC(N3CCCC(O)C3)CC2)c(=O)c1=O. The number of piperidine rings is 2. The lowest BCUT2D eigenvalue weighted by atomic mass is 9.98. The fraction of sp³-hybridized carbons (Fsp3) is 0.714. The van der Waals surface area contributed by atoms with Gasteiger partial charge in [0.2, 0.25) is 0 Å². The molecule has 0 amide bonds. The van der Waals surface area contributed by atoms with E-state index in [9.17, 15) is 14.7 Å². The summed E-state index contributed by atoms with van der Waals surface area (Å²) in [6, 6.07) is 0.467. The van der Waals surface area contributed by atoms with Crippen molar-refractivity contribution in [1.29, 1.82) is 0 Å². The van der Waals surface area contributed by atoms with Crippen molar-refractivity contribution >= 4 is 11.4 Å². The molecule has 1 aromatic carbocycles. The highest BCUT2D eigenvalue weighted by atomic mass is 16.3. The second kappa shape index (κ2) is 5.18. The van der Waals surface area contributed by atoms with Gasteiger partial charge in [-0.15, -0.1) is 0 Å². The van der Waals surface area contributed by atoms with E-state index < -0.39 is 10.9 Å². The molecule has 0 aliphatic carbocycles. The number of nitrogens with zero attached hydrogens (tertiary/aromatic N) is 2. The van der Waals surface area contributed by atoms with E-state index >= 15 is 0 Å². The lowest BCUT2D eigenvalue weighted by Gasteiger charge is -2.42. The molecular weight excluding hydrogens is 258 g/mol. The molecule has 0 saturated carbocycles. The summed E-state index contributed by atoms with van der Waals surface area (Å²) in [6.07, 6.45) is 3.64. The Morgan fingerprint density at radius 1 is 1.05 bits per heavy atom. The molecule has 1 unspecified atom stereocenters. The van der Waals surface area contributed by atoms with Crippen LogP contribution in [-0.2, 0) is 0 Å². The number of aliphatic hydroxyl groups is 1. The average Bonchev–Trinajstić information content (AvgIpc) is 2.48. The van der Waals surface area contributed by atoms with E-state index in [1.54, 1.807) is 0 Å². The van der Waals surface area contributed by atoms with Gasteiger partial charge in [0, 0.05) is 25.7 Å². The number of hydrogen-bond donors (Lipinski definition) is 2. The Morgan fingerprint density at radius 3 is 2.35 bits per heavy atom. The first kappa shape index (κ1) is 13.6. The topological polar surface area (TPSA) is 86.9 Å². The van der Waals surface area contributed by atoms with Gasteiger partial charge in [-0.25, -0.2) is 0 Å². The van der Waals surface area contributed by atoms with Gasteiger partial charge in [0.05, 0.1) is 6.10 Å². The highest BCUT2D eigenvalue weighted by Crippen LogP contribution is 2.25. The van der Waals surface area contributed by atoms with Crippen LogP contribution >= 0.6 is 0 Å². The van der Waals surface area contributed by atoms with Gasteiger partial charge in [0.25, 0.3) is 10.9 Å². The maximum Gasteiger partial charge on any atom is 0.253 e. The standard InChI is InChI=1S/C14H21N3O3/c15-11-12(14(20)13(11)19)16-6-3-9(4-7-16)17-5-1-2-10(18)8-17/h9-10,18H,1-8,15H2. The van der Waals surface area contributed by atoms with Gasteiger partial charge in [-0.2, -0.15) is 0 Å². The smallest absolute Gasteiger partial charge is 0.253 e. The van der Waals surface area contributed by atoms with E-state index in [0.29, 0.717) is 11.7 Å². The van der Waals surface area contributed by atoms with Crippen LogP contribution in [-0.4, -0.2) is 48.3 Å². The van der Waals surface area contributed by atoms with Crippen molar-refractivity contribution in [2.45, 2.75) is 37.8 Å². The van der Waals surface area contributed by atoms with Gasteiger partial charge >= 0.3 is 0 Å². The fourth-order valence-electron chi connectivity index (χ4n) is 3.48. The molecule has 0 spiro atoms. The number of hydrogen-bond acceptors (Lipinski definition) is 6. The molecule has 1 atom stereocenters. The van der Waals surface area contributed by atoms with Crippen LogP contribution in [0.15, 0.2) is 9.59 Å². The van der Waals surface area contributed by atoms with Crippen molar-refractivity contribution < 1.29 is 5.11 Å². The van der Waals surface area contributed by atoms with Gasteiger partial charge in [0.15, 0.2) is 0 Å². The second-order valence-electron chi connectivity index (χ2n) is 5.93. The number of likely N-dealkylation sites (tertiary alicyclic amines) is 1. The molecule has 2 saturated heterocycles. The Morgan fingerprint density at radius 2 is 1.75 bits per heavy atom. The molecule has 6 heteroatoms. The summed E-state index contributed by atoms with van der Waals surface area (Å²) in [6.45, 7) is 3.32. The normalized spacial score (nSPS) is 26.2. The van der Waals surface area contributed by atoms with Gasteiger partial charge < -0.3 is 15.7 Å². The Bertz CT molecular complexity index is 556. The summed E-state index contributed by atoms with van der Waals surface area (Å²) >= 11 is 0. The van der Waals surface area contributed by atoms with Crippen molar-refractivity contribution in [2.75, 3.05) is 36.8 Å². The summed E-state index contributed by atoms with van der Waals surface area (Å²) < 4.78 is 0. The van der Waals surface area contributed by atoms with Gasteiger partial charge in [0.1, 0.15) is 11.4 Å². The van der Waals surface area contributed by atoms with Crippen molar-refractivity contribution in [1.82, 2.24) is 4.90 Å². The number of aliphatic hydroxyl groups excluding tert-OH is 1. The Kier molecular flexibility index (Phi) is 3.52. The number of rotatable bonds is 2. The lowest BCUT2D eigenvalue weighted by molar-refractivity contribution is 0.0398. The van der Waals surface area contributed by atoms with Gasteiger partial charge in [-0.05, 0) is 32.2 Å². The molecule has 0 aromatic heterocycles. The zero-order valence-corrected chi connectivity index (χ0v) is 11.5. The highest BCUT2D eigenvalue weighted by molar-refractivity contribution is 5.72. The summed E-state index contributed by atoms with van der Waals surface area (Å²) in [4.78, 5) is 27.0.